The standard InChI is InChI=1S/C29H52O8/c1-24(2,3)17-28(13,14)22(32)34-18(20(30)36-26(7,8)9)19(21(31)37-27(10,11)12)35-23(33)29(15,16)25(4,5)6/h18-19H,17H2,1-16H3/t18-,19-/m1/s1. The summed E-state index contributed by atoms with van der Waals surface area (Å²) in [5.74, 6) is -3.49. The van der Waals surface area contributed by atoms with Crippen molar-refractivity contribution in [2.24, 2.45) is 21.7 Å². The Morgan fingerprint density at radius 1 is 0.541 bits per heavy atom. The van der Waals surface area contributed by atoms with Gasteiger partial charge < -0.3 is 18.9 Å². The minimum Gasteiger partial charge on any atom is -0.457 e. The summed E-state index contributed by atoms with van der Waals surface area (Å²) >= 11 is 0. The SMILES string of the molecule is CC(C)(C)CC(C)(C)C(=O)O[C@@H](C(=O)OC(C)(C)C)[C@@H](OC(=O)C(C)(C)C(C)(C)C)C(=O)OC(C)(C)C. The van der Waals surface area contributed by atoms with Crippen LogP contribution in [0, 0.1) is 21.7 Å². The molecule has 0 unspecified atom stereocenters. The van der Waals surface area contributed by atoms with Gasteiger partial charge in [0.15, 0.2) is 0 Å². The molecule has 2 atom stereocenters. The van der Waals surface area contributed by atoms with E-state index in [4.69, 9.17) is 18.9 Å². The molecular formula is C29H52O8. The van der Waals surface area contributed by atoms with Crippen LogP contribution in [0.25, 0.3) is 0 Å². The molecule has 0 amide bonds. The lowest BCUT2D eigenvalue weighted by molar-refractivity contribution is -0.207. The number of carbonyl (C=O) groups excluding carboxylic acids is 4. The summed E-state index contributed by atoms with van der Waals surface area (Å²) in [6.45, 7) is 28.1. The summed E-state index contributed by atoms with van der Waals surface area (Å²) in [4.78, 5) is 53.4. The van der Waals surface area contributed by atoms with E-state index in [1.54, 1.807) is 69.2 Å². The van der Waals surface area contributed by atoms with Crippen LogP contribution >= 0.6 is 0 Å². The van der Waals surface area contributed by atoms with Crippen LogP contribution in [0.2, 0.25) is 0 Å². The van der Waals surface area contributed by atoms with Gasteiger partial charge in [-0.25, -0.2) is 9.59 Å². The van der Waals surface area contributed by atoms with Crippen LogP contribution in [-0.2, 0) is 38.1 Å². The molecule has 0 N–H and O–H groups in total. The van der Waals surface area contributed by atoms with Gasteiger partial charge in [-0.05, 0) is 86.5 Å². The number of hydrogen-bond acceptors (Lipinski definition) is 8. The highest BCUT2D eigenvalue weighted by Gasteiger charge is 2.50. The van der Waals surface area contributed by atoms with Gasteiger partial charge in [-0.3, -0.25) is 9.59 Å². The molecular weight excluding hydrogens is 476 g/mol. The summed E-state index contributed by atoms with van der Waals surface area (Å²) in [5, 5.41) is 0. The third-order valence-electron chi connectivity index (χ3n) is 5.93. The summed E-state index contributed by atoms with van der Waals surface area (Å²) in [5.41, 5.74) is -4.76. The van der Waals surface area contributed by atoms with Crippen molar-refractivity contribution in [1.82, 2.24) is 0 Å². The predicted molar refractivity (Wildman–Crippen MR) is 143 cm³/mol. The quantitative estimate of drug-likeness (QED) is 0.278. The van der Waals surface area contributed by atoms with E-state index in [1.165, 1.54) is 0 Å². The molecule has 0 bridgehead atoms. The molecule has 0 rings (SSSR count). The van der Waals surface area contributed by atoms with E-state index in [0.717, 1.165) is 0 Å². The molecule has 0 spiro atoms. The van der Waals surface area contributed by atoms with Crippen LogP contribution in [0.4, 0.5) is 0 Å². The first-order valence-electron chi connectivity index (χ1n) is 12.9. The lowest BCUT2D eigenvalue weighted by atomic mass is 9.69. The summed E-state index contributed by atoms with van der Waals surface area (Å²) in [6.07, 6.45) is -3.29. The molecule has 0 aromatic heterocycles. The number of ether oxygens (including phenoxy) is 4. The smallest absolute Gasteiger partial charge is 0.352 e. The first-order chi connectivity index (χ1) is 16.0. The Morgan fingerprint density at radius 3 is 1.14 bits per heavy atom. The van der Waals surface area contributed by atoms with Crippen molar-refractivity contribution >= 4 is 23.9 Å². The van der Waals surface area contributed by atoms with E-state index < -0.39 is 63.5 Å². The van der Waals surface area contributed by atoms with Crippen molar-refractivity contribution in [2.75, 3.05) is 0 Å². The average molecular weight is 529 g/mol. The van der Waals surface area contributed by atoms with Crippen LogP contribution < -0.4 is 0 Å². The molecule has 0 saturated heterocycles. The van der Waals surface area contributed by atoms with Crippen LogP contribution in [0.3, 0.4) is 0 Å². The number of hydrogen-bond donors (Lipinski definition) is 0. The van der Waals surface area contributed by atoms with Gasteiger partial charge in [-0.2, -0.15) is 0 Å². The van der Waals surface area contributed by atoms with E-state index in [1.807, 2.05) is 41.5 Å². The summed E-state index contributed by atoms with van der Waals surface area (Å²) in [7, 11) is 0. The zero-order valence-corrected chi connectivity index (χ0v) is 26.1. The van der Waals surface area contributed by atoms with Crippen molar-refractivity contribution in [1.29, 1.82) is 0 Å². The Bertz CT molecular complexity index is 839. The van der Waals surface area contributed by atoms with Gasteiger partial charge >= 0.3 is 23.9 Å². The summed E-state index contributed by atoms with van der Waals surface area (Å²) < 4.78 is 22.3. The molecule has 0 aliphatic rings. The topological polar surface area (TPSA) is 105 Å². The van der Waals surface area contributed by atoms with Gasteiger partial charge in [-0.15, -0.1) is 0 Å². The Hall–Kier alpha value is -2.12. The molecule has 8 nitrogen and oxygen atoms in total. The maximum atomic E-state index is 13.4. The predicted octanol–water partition coefficient (Wildman–Crippen LogP) is 6.03. The van der Waals surface area contributed by atoms with Crippen LogP contribution in [0.5, 0.6) is 0 Å². The Labute approximate surface area is 224 Å². The zero-order chi connectivity index (χ0) is 30.0. The van der Waals surface area contributed by atoms with Gasteiger partial charge in [0, 0.05) is 0 Å². The van der Waals surface area contributed by atoms with Gasteiger partial charge in [0.05, 0.1) is 10.8 Å². The molecule has 0 aliphatic heterocycles. The van der Waals surface area contributed by atoms with E-state index in [9.17, 15) is 19.2 Å². The van der Waals surface area contributed by atoms with Gasteiger partial charge in [0.2, 0.25) is 12.2 Å². The monoisotopic (exact) mass is 528 g/mol. The Balaban J connectivity index is 6.69. The molecule has 0 aliphatic carbocycles. The molecule has 0 fully saturated rings. The second kappa shape index (κ2) is 11.3. The minimum atomic E-state index is -1.86. The van der Waals surface area contributed by atoms with E-state index >= 15 is 0 Å². The average Bonchev–Trinajstić information content (AvgIpc) is 2.57. The van der Waals surface area contributed by atoms with Gasteiger partial charge in [0.25, 0.3) is 0 Å². The van der Waals surface area contributed by atoms with Crippen LogP contribution in [-0.4, -0.2) is 47.3 Å². The largest absolute Gasteiger partial charge is 0.457 e. The lowest BCUT2D eigenvalue weighted by Crippen LogP contribution is -2.53. The highest BCUT2D eigenvalue weighted by molar-refractivity contribution is 5.91. The third kappa shape index (κ3) is 11.4. The normalized spacial score (nSPS) is 15.4. The first-order valence-corrected chi connectivity index (χ1v) is 12.9. The highest BCUT2D eigenvalue weighted by atomic mass is 16.6. The molecule has 0 radical (unpaired) electrons. The zero-order valence-electron chi connectivity index (χ0n) is 26.1. The van der Waals surface area contributed by atoms with E-state index in [0.29, 0.717) is 6.42 Å². The second-order valence-electron chi connectivity index (χ2n) is 15.2. The number of rotatable bonds is 8. The van der Waals surface area contributed by atoms with Crippen LogP contribution in [0.1, 0.15) is 117 Å². The third-order valence-corrected chi connectivity index (χ3v) is 5.93. The molecule has 8 heteroatoms. The van der Waals surface area contributed by atoms with Crippen LogP contribution in [0.15, 0.2) is 0 Å². The van der Waals surface area contributed by atoms with Crippen molar-refractivity contribution in [3.8, 4) is 0 Å². The molecule has 0 aromatic carbocycles. The fourth-order valence-electron chi connectivity index (χ4n) is 3.43. The fraction of sp³-hybridized carbons (Fsp3) is 0.862. The van der Waals surface area contributed by atoms with Crippen molar-refractivity contribution in [3.05, 3.63) is 0 Å². The van der Waals surface area contributed by atoms with Crippen molar-refractivity contribution < 1.29 is 38.1 Å². The summed E-state index contributed by atoms with van der Waals surface area (Å²) in [6, 6.07) is 0. The number of carbonyl (C=O) groups is 4. The lowest BCUT2D eigenvalue weighted by Gasteiger charge is -2.38. The van der Waals surface area contributed by atoms with Gasteiger partial charge in [0.1, 0.15) is 11.2 Å². The fourth-order valence-corrected chi connectivity index (χ4v) is 3.43. The Morgan fingerprint density at radius 2 is 0.865 bits per heavy atom. The molecule has 37 heavy (non-hydrogen) atoms. The van der Waals surface area contributed by atoms with Gasteiger partial charge in [-0.1, -0.05) is 41.5 Å². The number of esters is 4. The molecule has 0 heterocycles. The maximum absolute atomic E-state index is 13.4. The van der Waals surface area contributed by atoms with Crippen molar-refractivity contribution in [3.63, 3.8) is 0 Å². The molecule has 216 valence electrons. The minimum absolute atomic E-state index is 0.225. The second-order valence-corrected chi connectivity index (χ2v) is 15.2. The first kappa shape index (κ1) is 34.9. The van der Waals surface area contributed by atoms with Crippen molar-refractivity contribution in [2.45, 2.75) is 141 Å². The van der Waals surface area contributed by atoms with E-state index in [-0.39, 0.29) is 5.41 Å². The Kier molecular flexibility index (Phi) is 10.7. The maximum Gasteiger partial charge on any atom is 0.352 e. The van der Waals surface area contributed by atoms with E-state index in [2.05, 4.69) is 0 Å². The molecule has 0 saturated carbocycles. The highest BCUT2D eigenvalue weighted by Crippen LogP contribution is 2.40. The molecule has 0 aromatic rings.